The number of piperidine rings is 1. The molecule has 27 heavy (non-hydrogen) atoms. The third-order valence-electron chi connectivity index (χ3n) is 6.17. The third kappa shape index (κ3) is 3.28. The van der Waals surface area contributed by atoms with Crippen LogP contribution in [-0.2, 0) is 11.2 Å². The second-order valence-corrected chi connectivity index (χ2v) is 7.94. The van der Waals surface area contributed by atoms with E-state index in [2.05, 4.69) is 16.0 Å². The molecule has 4 rings (SSSR count). The number of Topliss-reactive ketones (excluding diaryl/α,β-unsaturated/α-hetero) is 2. The molecule has 0 atom stereocenters. The van der Waals surface area contributed by atoms with Crippen LogP contribution in [0.2, 0.25) is 0 Å². The zero-order chi connectivity index (χ0) is 19.0. The topological polar surface area (TPSA) is 100 Å². The van der Waals surface area contributed by atoms with Gasteiger partial charge in [-0.15, -0.1) is 0 Å². The van der Waals surface area contributed by atoms with Crippen LogP contribution in [0, 0.1) is 16.7 Å². The van der Waals surface area contributed by atoms with Gasteiger partial charge in [0.15, 0.2) is 11.6 Å². The van der Waals surface area contributed by atoms with Gasteiger partial charge in [-0.05, 0) is 55.7 Å². The standard InChI is InChI=1S/C21H24N4O2/c22-9-1-2-17(26)16-4-3-14-12-18(27)15(13-23)20(19(14)24-16)25-10-7-21(5-6-21)8-11-25/h3-4H,1-2,5-12,22H2. The Morgan fingerprint density at radius 1 is 1.26 bits per heavy atom. The quantitative estimate of drug-likeness (QED) is 0.804. The Kier molecular flexibility index (Phi) is 4.56. The predicted molar refractivity (Wildman–Crippen MR) is 101 cm³/mol. The van der Waals surface area contributed by atoms with Gasteiger partial charge in [0.2, 0.25) is 0 Å². The zero-order valence-electron chi connectivity index (χ0n) is 15.5. The first kappa shape index (κ1) is 17.9. The number of ketones is 2. The minimum Gasteiger partial charge on any atom is -0.369 e. The van der Waals surface area contributed by atoms with Gasteiger partial charge in [-0.3, -0.25) is 9.59 Å². The van der Waals surface area contributed by atoms with Crippen LogP contribution in [0.4, 0.5) is 0 Å². The minimum absolute atomic E-state index is 0.0476. The first-order valence-electron chi connectivity index (χ1n) is 9.73. The van der Waals surface area contributed by atoms with Crippen molar-refractivity contribution in [2.24, 2.45) is 11.1 Å². The van der Waals surface area contributed by atoms with E-state index in [1.54, 1.807) is 6.07 Å². The molecule has 0 bridgehead atoms. The molecule has 1 saturated heterocycles. The number of allylic oxidation sites excluding steroid dienone is 1. The number of likely N-dealkylation sites (tertiary alicyclic amines) is 1. The summed E-state index contributed by atoms with van der Waals surface area (Å²) in [6.07, 6.45) is 5.91. The van der Waals surface area contributed by atoms with Crippen molar-refractivity contribution < 1.29 is 9.59 Å². The molecule has 0 aromatic carbocycles. The van der Waals surface area contributed by atoms with Crippen LogP contribution in [0.25, 0.3) is 5.70 Å². The minimum atomic E-state index is -0.157. The smallest absolute Gasteiger partial charge is 0.181 e. The number of nitrogens with zero attached hydrogens (tertiary/aromatic N) is 3. The Balaban J connectivity index is 1.71. The molecule has 140 valence electrons. The summed E-state index contributed by atoms with van der Waals surface area (Å²) in [4.78, 5) is 31.7. The summed E-state index contributed by atoms with van der Waals surface area (Å²) in [5.41, 5.74) is 8.65. The molecule has 1 aliphatic heterocycles. The van der Waals surface area contributed by atoms with Crippen LogP contribution in [0.1, 0.15) is 60.3 Å². The second kappa shape index (κ2) is 6.90. The molecule has 0 unspecified atom stereocenters. The molecular formula is C21H24N4O2. The lowest BCUT2D eigenvalue weighted by atomic mass is 9.88. The number of hydrogen-bond donors (Lipinski definition) is 1. The van der Waals surface area contributed by atoms with E-state index in [1.165, 1.54) is 12.8 Å². The molecule has 2 fully saturated rings. The summed E-state index contributed by atoms with van der Waals surface area (Å²) < 4.78 is 0. The van der Waals surface area contributed by atoms with Gasteiger partial charge < -0.3 is 10.6 Å². The molecular weight excluding hydrogens is 340 g/mol. The highest BCUT2D eigenvalue weighted by Crippen LogP contribution is 2.54. The van der Waals surface area contributed by atoms with E-state index in [4.69, 9.17) is 5.73 Å². The fourth-order valence-electron chi connectivity index (χ4n) is 4.20. The fraction of sp³-hybridized carbons (Fsp3) is 0.524. The number of hydrogen-bond acceptors (Lipinski definition) is 6. The number of carbonyl (C=O) groups is 2. The first-order chi connectivity index (χ1) is 13.1. The highest BCUT2D eigenvalue weighted by atomic mass is 16.1. The van der Waals surface area contributed by atoms with Crippen molar-refractivity contribution in [1.82, 2.24) is 9.88 Å². The lowest BCUT2D eigenvalue weighted by molar-refractivity contribution is -0.114. The van der Waals surface area contributed by atoms with Crippen molar-refractivity contribution in [2.75, 3.05) is 19.6 Å². The maximum absolute atomic E-state index is 12.5. The second-order valence-electron chi connectivity index (χ2n) is 7.94. The van der Waals surface area contributed by atoms with E-state index in [-0.39, 0.29) is 23.6 Å². The number of carbonyl (C=O) groups excluding carboxylic acids is 2. The Labute approximate surface area is 159 Å². The molecule has 0 amide bonds. The molecule has 2 N–H and O–H groups in total. The SMILES string of the molecule is N#CC1=C(N2CCC3(CC2)CC3)c2nc(C(=O)CCCN)ccc2CC1=O. The summed E-state index contributed by atoms with van der Waals surface area (Å²) in [6, 6.07) is 5.61. The van der Waals surface area contributed by atoms with Crippen molar-refractivity contribution in [3.8, 4) is 6.07 Å². The Hall–Kier alpha value is -2.52. The number of aromatic nitrogens is 1. The lowest BCUT2D eigenvalue weighted by Crippen LogP contribution is -2.36. The largest absolute Gasteiger partial charge is 0.369 e. The van der Waals surface area contributed by atoms with E-state index in [1.807, 2.05) is 6.07 Å². The molecule has 1 spiro atoms. The van der Waals surface area contributed by atoms with E-state index in [0.29, 0.717) is 41.9 Å². The number of rotatable bonds is 5. The van der Waals surface area contributed by atoms with E-state index in [0.717, 1.165) is 31.5 Å². The third-order valence-corrected chi connectivity index (χ3v) is 6.17. The van der Waals surface area contributed by atoms with Crippen molar-refractivity contribution in [1.29, 1.82) is 5.26 Å². The first-order valence-corrected chi connectivity index (χ1v) is 9.73. The summed E-state index contributed by atoms with van der Waals surface area (Å²) >= 11 is 0. The highest BCUT2D eigenvalue weighted by molar-refractivity contribution is 6.09. The van der Waals surface area contributed by atoms with Crippen molar-refractivity contribution in [2.45, 2.75) is 44.9 Å². The van der Waals surface area contributed by atoms with Gasteiger partial charge >= 0.3 is 0 Å². The van der Waals surface area contributed by atoms with Gasteiger partial charge in [0.05, 0.1) is 11.4 Å². The maximum Gasteiger partial charge on any atom is 0.181 e. The average Bonchev–Trinajstić information content (AvgIpc) is 3.44. The molecule has 0 radical (unpaired) electrons. The van der Waals surface area contributed by atoms with Gasteiger partial charge in [0.25, 0.3) is 0 Å². The molecule has 6 nitrogen and oxygen atoms in total. The van der Waals surface area contributed by atoms with Crippen LogP contribution >= 0.6 is 0 Å². The highest BCUT2D eigenvalue weighted by Gasteiger charge is 2.45. The molecule has 3 aliphatic rings. The van der Waals surface area contributed by atoms with Crippen molar-refractivity contribution >= 4 is 17.3 Å². The molecule has 1 saturated carbocycles. The molecule has 1 aromatic heterocycles. The average molecular weight is 364 g/mol. The van der Waals surface area contributed by atoms with Crippen LogP contribution in [-0.4, -0.2) is 41.1 Å². The van der Waals surface area contributed by atoms with Crippen LogP contribution < -0.4 is 5.73 Å². The lowest BCUT2D eigenvalue weighted by Gasteiger charge is -2.37. The zero-order valence-corrected chi connectivity index (χ0v) is 15.5. The molecule has 2 aliphatic carbocycles. The maximum atomic E-state index is 12.5. The summed E-state index contributed by atoms with van der Waals surface area (Å²) in [5, 5.41) is 9.63. The summed E-state index contributed by atoms with van der Waals surface area (Å²) in [5.74, 6) is -0.204. The van der Waals surface area contributed by atoms with Crippen molar-refractivity contribution in [3.63, 3.8) is 0 Å². The van der Waals surface area contributed by atoms with E-state index in [9.17, 15) is 14.9 Å². The van der Waals surface area contributed by atoms with Gasteiger partial charge in [-0.25, -0.2) is 4.98 Å². The van der Waals surface area contributed by atoms with E-state index < -0.39 is 0 Å². The monoisotopic (exact) mass is 364 g/mol. The normalized spacial score (nSPS) is 20.4. The Morgan fingerprint density at radius 3 is 2.63 bits per heavy atom. The predicted octanol–water partition coefficient (Wildman–Crippen LogP) is 2.24. The number of fused-ring (bicyclic) bond motifs is 1. The Morgan fingerprint density at radius 2 is 2.00 bits per heavy atom. The molecule has 6 heteroatoms. The van der Waals surface area contributed by atoms with Gasteiger partial charge in [0.1, 0.15) is 17.3 Å². The van der Waals surface area contributed by atoms with Gasteiger partial charge in [-0.2, -0.15) is 5.26 Å². The van der Waals surface area contributed by atoms with Crippen LogP contribution in [0.3, 0.4) is 0 Å². The fourth-order valence-corrected chi connectivity index (χ4v) is 4.20. The number of nitriles is 1. The van der Waals surface area contributed by atoms with Gasteiger partial charge in [-0.1, -0.05) is 6.07 Å². The Bertz CT molecular complexity index is 867. The van der Waals surface area contributed by atoms with Crippen LogP contribution in [0.5, 0.6) is 0 Å². The van der Waals surface area contributed by atoms with E-state index >= 15 is 0 Å². The number of nitrogens with two attached hydrogens (primary N) is 1. The molecule has 2 heterocycles. The van der Waals surface area contributed by atoms with Crippen molar-refractivity contribution in [3.05, 3.63) is 34.7 Å². The summed E-state index contributed by atoms with van der Waals surface area (Å²) in [7, 11) is 0. The van der Waals surface area contributed by atoms with Crippen LogP contribution in [0.15, 0.2) is 17.7 Å². The molecule has 1 aromatic rings. The van der Waals surface area contributed by atoms with Gasteiger partial charge in [0, 0.05) is 25.9 Å². The number of pyridine rings is 1. The summed E-state index contributed by atoms with van der Waals surface area (Å²) in [6.45, 7) is 2.13.